The van der Waals surface area contributed by atoms with Crippen LogP contribution in [-0.2, 0) is 0 Å². The summed E-state index contributed by atoms with van der Waals surface area (Å²) in [7, 11) is 0. The number of nitrogens with one attached hydrogen (secondary N) is 1. The van der Waals surface area contributed by atoms with Crippen LogP contribution < -0.4 is 5.32 Å². The Bertz CT molecular complexity index is 238. The SMILES string of the molecule is C#CCC(CC)NC1CCCC(C(C)C)CC1. The first-order chi connectivity index (χ1) is 8.17. The first-order valence-electron chi connectivity index (χ1n) is 7.36. The molecule has 0 heterocycles. The molecule has 0 bridgehead atoms. The zero-order valence-corrected chi connectivity index (χ0v) is 11.8. The third-order valence-corrected chi connectivity index (χ3v) is 4.28. The van der Waals surface area contributed by atoms with Crippen LogP contribution in [-0.4, -0.2) is 12.1 Å². The third-order valence-electron chi connectivity index (χ3n) is 4.28. The summed E-state index contributed by atoms with van der Waals surface area (Å²) < 4.78 is 0. The summed E-state index contributed by atoms with van der Waals surface area (Å²) in [5.74, 6) is 4.58. The quantitative estimate of drug-likeness (QED) is 0.561. The van der Waals surface area contributed by atoms with Crippen LogP contribution in [0.25, 0.3) is 0 Å². The molecule has 1 aliphatic rings. The number of hydrogen-bond acceptors (Lipinski definition) is 1. The van der Waals surface area contributed by atoms with E-state index in [1.165, 1.54) is 32.1 Å². The summed E-state index contributed by atoms with van der Waals surface area (Å²) in [6, 6.07) is 1.23. The van der Waals surface area contributed by atoms with Gasteiger partial charge in [0.2, 0.25) is 0 Å². The molecule has 0 saturated heterocycles. The van der Waals surface area contributed by atoms with Crippen molar-refractivity contribution in [2.45, 2.75) is 77.8 Å². The molecule has 1 fully saturated rings. The summed E-state index contributed by atoms with van der Waals surface area (Å²) in [5, 5.41) is 3.76. The highest BCUT2D eigenvalue weighted by molar-refractivity contribution is 4.91. The van der Waals surface area contributed by atoms with Crippen molar-refractivity contribution in [1.29, 1.82) is 0 Å². The lowest BCUT2D eigenvalue weighted by atomic mass is 9.89. The molecule has 0 aromatic heterocycles. The molecule has 3 unspecified atom stereocenters. The largest absolute Gasteiger partial charge is 0.310 e. The summed E-state index contributed by atoms with van der Waals surface area (Å²) in [4.78, 5) is 0. The zero-order chi connectivity index (χ0) is 12.7. The molecule has 0 aliphatic heterocycles. The number of terminal acetylenes is 1. The molecule has 17 heavy (non-hydrogen) atoms. The van der Waals surface area contributed by atoms with Gasteiger partial charge in [-0.15, -0.1) is 12.3 Å². The minimum atomic E-state index is 0.528. The van der Waals surface area contributed by atoms with Gasteiger partial charge in [-0.2, -0.15) is 0 Å². The van der Waals surface area contributed by atoms with E-state index in [-0.39, 0.29) is 0 Å². The van der Waals surface area contributed by atoms with Crippen molar-refractivity contribution in [3.63, 3.8) is 0 Å². The second-order valence-electron chi connectivity index (χ2n) is 5.89. The average Bonchev–Trinajstić information content (AvgIpc) is 2.54. The molecule has 98 valence electrons. The molecule has 3 atom stereocenters. The van der Waals surface area contributed by atoms with Crippen molar-refractivity contribution >= 4 is 0 Å². The van der Waals surface area contributed by atoms with Gasteiger partial charge < -0.3 is 5.32 Å². The summed E-state index contributed by atoms with van der Waals surface area (Å²) in [6.07, 6.45) is 14.3. The monoisotopic (exact) mass is 235 g/mol. The van der Waals surface area contributed by atoms with Crippen molar-refractivity contribution in [3.8, 4) is 12.3 Å². The van der Waals surface area contributed by atoms with Crippen LogP contribution in [0.3, 0.4) is 0 Å². The van der Waals surface area contributed by atoms with Crippen LogP contribution in [0.2, 0.25) is 0 Å². The van der Waals surface area contributed by atoms with Crippen molar-refractivity contribution < 1.29 is 0 Å². The molecule has 1 rings (SSSR count). The molecule has 0 spiro atoms. The second kappa shape index (κ2) is 7.77. The van der Waals surface area contributed by atoms with Gasteiger partial charge in [0.05, 0.1) is 0 Å². The highest BCUT2D eigenvalue weighted by Crippen LogP contribution is 2.29. The fourth-order valence-electron chi connectivity index (χ4n) is 2.96. The zero-order valence-electron chi connectivity index (χ0n) is 11.8. The Morgan fingerprint density at radius 1 is 1.24 bits per heavy atom. The molecule has 0 radical (unpaired) electrons. The maximum Gasteiger partial charge on any atom is 0.0240 e. The van der Waals surface area contributed by atoms with E-state index in [0.717, 1.165) is 24.7 Å². The molecule has 0 aromatic rings. The Labute approximate surface area is 108 Å². The van der Waals surface area contributed by atoms with Crippen LogP contribution in [0, 0.1) is 24.2 Å². The fourth-order valence-corrected chi connectivity index (χ4v) is 2.96. The lowest BCUT2D eigenvalue weighted by Crippen LogP contribution is -2.37. The van der Waals surface area contributed by atoms with E-state index in [4.69, 9.17) is 6.42 Å². The molecular formula is C16H29N. The van der Waals surface area contributed by atoms with E-state index in [1.54, 1.807) is 0 Å². The topological polar surface area (TPSA) is 12.0 Å². The molecule has 0 aromatic carbocycles. The number of rotatable bonds is 5. The summed E-state index contributed by atoms with van der Waals surface area (Å²) >= 11 is 0. The molecular weight excluding hydrogens is 206 g/mol. The second-order valence-corrected chi connectivity index (χ2v) is 5.89. The van der Waals surface area contributed by atoms with Gasteiger partial charge in [-0.1, -0.05) is 33.6 Å². The molecule has 1 heteroatoms. The fraction of sp³-hybridized carbons (Fsp3) is 0.875. The van der Waals surface area contributed by atoms with E-state index in [1.807, 2.05) is 0 Å². The third kappa shape index (κ3) is 5.13. The Kier molecular flexibility index (Phi) is 6.66. The minimum Gasteiger partial charge on any atom is -0.310 e. The van der Waals surface area contributed by atoms with Crippen LogP contribution in [0.1, 0.15) is 65.7 Å². The van der Waals surface area contributed by atoms with Gasteiger partial charge in [0.1, 0.15) is 0 Å². The standard InChI is InChI=1S/C16H29N/c1-5-8-15(6-2)17-16-10-7-9-14(11-12-16)13(3)4/h1,13-17H,6-12H2,2-4H3. The Morgan fingerprint density at radius 2 is 2.00 bits per heavy atom. The summed E-state index contributed by atoms with van der Waals surface area (Å²) in [5.41, 5.74) is 0. The normalized spacial score (nSPS) is 27.5. The van der Waals surface area contributed by atoms with Crippen molar-refractivity contribution in [2.75, 3.05) is 0 Å². The highest BCUT2D eigenvalue weighted by Gasteiger charge is 2.22. The van der Waals surface area contributed by atoms with E-state index in [2.05, 4.69) is 32.0 Å². The van der Waals surface area contributed by atoms with Crippen LogP contribution in [0.4, 0.5) is 0 Å². The highest BCUT2D eigenvalue weighted by atomic mass is 14.9. The van der Waals surface area contributed by atoms with Crippen LogP contribution in [0.15, 0.2) is 0 Å². The Balaban J connectivity index is 2.38. The van der Waals surface area contributed by atoms with E-state index < -0.39 is 0 Å². The molecule has 1 nitrogen and oxygen atoms in total. The lowest BCUT2D eigenvalue weighted by molar-refractivity contribution is 0.332. The number of hydrogen-bond donors (Lipinski definition) is 1. The van der Waals surface area contributed by atoms with Gasteiger partial charge in [-0.05, 0) is 37.5 Å². The predicted octanol–water partition coefficient (Wildman–Crippen LogP) is 3.98. The predicted molar refractivity (Wildman–Crippen MR) is 75.9 cm³/mol. The van der Waals surface area contributed by atoms with Gasteiger partial charge >= 0.3 is 0 Å². The van der Waals surface area contributed by atoms with E-state index >= 15 is 0 Å². The summed E-state index contributed by atoms with van der Waals surface area (Å²) in [6.45, 7) is 6.96. The van der Waals surface area contributed by atoms with Crippen LogP contribution >= 0.6 is 0 Å². The van der Waals surface area contributed by atoms with E-state index in [0.29, 0.717) is 12.1 Å². The van der Waals surface area contributed by atoms with Gasteiger partial charge in [0.15, 0.2) is 0 Å². The lowest BCUT2D eigenvalue weighted by Gasteiger charge is -2.23. The smallest absolute Gasteiger partial charge is 0.0240 e. The van der Waals surface area contributed by atoms with Crippen LogP contribution in [0.5, 0.6) is 0 Å². The minimum absolute atomic E-state index is 0.528. The van der Waals surface area contributed by atoms with Crippen molar-refractivity contribution in [1.82, 2.24) is 5.32 Å². The van der Waals surface area contributed by atoms with Gasteiger partial charge in [0, 0.05) is 18.5 Å². The molecule has 1 saturated carbocycles. The molecule has 0 amide bonds. The van der Waals surface area contributed by atoms with Gasteiger partial charge in [0.25, 0.3) is 0 Å². The average molecular weight is 235 g/mol. The van der Waals surface area contributed by atoms with Crippen molar-refractivity contribution in [3.05, 3.63) is 0 Å². The van der Waals surface area contributed by atoms with Crippen molar-refractivity contribution in [2.24, 2.45) is 11.8 Å². The Hall–Kier alpha value is -0.480. The first-order valence-corrected chi connectivity index (χ1v) is 7.36. The molecule has 1 N–H and O–H groups in total. The van der Waals surface area contributed by atoms with Gasteiger partial charge in [-0.3, -0.25) is 0 Å². The first kappa shape index (κ1) is 14.6. The van der Waals surface area contributed by atoms with Gasteiger partial charge in [-0.25, -0.2) is 0 Å². The Morgan fingerprint density at radius 3 is 2.59 bits per heavy atom. The maximum atomic E-state index is 5.41. The maximum absolute atomic E-state index is 5.41. The van der Waals surface area contributed by atoms with E-state index in [9.17, 15) is 0 Å². The molecule has 1 aliphatic carbocycles.